The molecule has 5 nitrogen and oxygen atoms in total. The number of hydrogen-bond donors (Lipinski definition) is 1. The van der Waals surface area contributed by atoms with Gasteiger partial charge >= 0.3 is 0 Å². The van der Waals surface area contributed by atoms with Crippen molar-refractivity contribution in [1.29, 1.82) is 0 Å². The lowest BCUT2D eigenvalue weighted by Gasteiger charge is -2.34. The minimum absolute atomic E-state index is 0.298. The second-order valence-electron chi connectivity index (χ2n) is 5.75. The van der Waals surface area contributed by atoms with Gasteiger partial charge in [0.2, 0.25) is 5.91 Å². The predicted molar refractivity (Wildman–Crippen MR) is 72.9 cm³/mol. The molecule has 3 heterocycles. The molecular weight excluding hydrogens is 240 g/mol. The van der Waals surface area contributed by atoms with Crippen LogP contribution >= 0.6 is 0 Å². The van der Waals surface area contributed by atoms with Crippen molar-refractivity contribution in [3.8, 4) is 0 Å². The van der Waals surface area contributed by atoms with E-state index in [9.17, 15) is 4.79 Å². The van der Waals surface area contributed by atoms with Crippen molar-refractivity contribution >= 4 is 5.91 Å². The van der Waals surface area contributed by atoms with Crippen LogP contribution in [0, 0.1) is 13.8 Å². The standard InChI is InChI=1S/C14H22N4O/c1-10-11(2)15-16-13(10)3-4-14(19)18-8-7-17-6-5-12(18)9-17/h12H,3-9H2,1-2H3,(H,15,16). The molecule has 1 amide bonds. The third-order valence-corrected chi connectivity index (χ3v) is 4.60. The fraction of sp³-hybridized carbons (Fsp3) is 0.714. The van der Waals surface area contributed by atoms with Crippen LogP contribution < -0.4 is 0 Å². The molecule has 1 aromatic rings. The summed E-state index contributed by atoms with van der Waals surface area (Å²) in [7, 11) is 0. The molecule has 2 atom stereocenters. The Morgan fingerprint density at radius 2 is 2.21 bits per heavy atom. The molecule has 19 heavy (non-hydrogen) atoms. The zero-order valence-electron chi connectivity index (χ0n) is 11.8. The molecule has 5 heteroatoms. The van der Waals surface area contributed by atoms with Crippen LogP contribution in [0.15, 0.2) is 0 Å². The molecule has 2 saturated heterocycles. The summed E-state index contributed by atoms with van der Waals surface area (Å²) < 4.78 is 0. The zero-order valence-corrected chi connectivity index (χ0v) is 11.8. The SMILES string of the molecule is Cc1[nH]nc(CCC(=O)N2CCN3CCC2C3)c1C. The van der Waals surface area contributed by atoms with Gasteiger partial charge in [0.15, 0.2) is 0 Å². The average Bonchev–Trinajstić information content (AvgIpc) is 2.93. The Kier molecular flexibility index (Phi) is 3.31. The number of nitrogens with one attached hydrogen (secondary N) is 1. The summed E-state index contributed by atoms with van der Waals surface area (Å²) in [6, 6.07) is 0.461. The van der Waals surface area contributed by atoms with E-state index in [1.54, 1.807) is 0 Å². The zero-order chi connectivity index (χ0) is 13.4. The highest BCUT2D eigenvalue weighted by Crippen LogP contribution is 2.21. The first-order valence-electron chi connectivity index (χ1n) is 7.17. The first-order chi connectivity index (χ1) is 9.15. The summed E-state index contributed by atoms with van der Waals surface area (Å²) in [6.07, 6.45) is 2.48. The van der Waals surface area contributed by atoms with Crippen molar-refractivity contribution in [3.63, 3.8) is 0 Å². The molecule has 0 saturated carbocycles. The smallest absolute Gasteiger partial charge is 0.223 e. The lowest BCUT2D eigenvalue weighted by Crippen LogP contribution is -2.49. The summed E-state index contributed by atoms with van der Waals surface area (Å²) in [5.74, 6) is 0.298. The van der Waals surface area contributed by atoms with E-state index in [2.05, 4.69) is 26.9 Å². The Morgan fingerprint density at radius 1 is 1.37 bits per heavy atom. The number of carbonyl (C=O) groups is 1. The lowest BCUT2D eigenvalue weighted by molar-refractivity contribution is -0.134. The summed E-state index contributed by atoms with van der Waals surface area (Å²) in [5, 5.41) is 7.26. The maximum Gasteiger partial charge on any atom is 0.223 e. The highest BCUT2D eigenvalue weighted by atomic mass is 16.2. The molecule has 3 rings (SSSR count). The third-order valence-electron chi connectivity index (χ3n) is 4.60. The minimum atomic E-state index is 0.298. The monoisotopic (exact) mass is 262 g/mol. The fourth-order valence-corrected chi connectivity index (χ4v) is 3.18. The topological polar surface area (TPSA) is 52.2 Å². The maximum atomic E-state index is 12.3. The van der Waals surface area contributed by atoms with Crippen LogP contribution in [0.1, 0.15) is 29.8 Å². The highest BCUT2D eigenvalue weighted by molar-refractivity contribution is 5.77. The molecule has 2 bridgehead atoms. The van der Waals surface area contributed by atoms with Gasteiger partial charge in [-0.25, -0.2) is 0 Å². The number of H-pyrrole nitrogens is 1. The molecule has 0 spiro atoms. The number of rotatable bonds is 3. The van der Waals surface area contributed by atoms with Crippen molar-refractivity contribution in [3.05, 3.63) is 17.0 Å². The number of amides is 1. The van der Waals surface area contributed by atoms with Gasteiger partial charge in [-0.2, -0.15) is 5.10 Å². The maximum absolute atomic E-state index is 12.3. The van der Waals surface area contributed by atoms with Crippen molar-refractivity contribution in [2.75, 3.05) is 26.2 Å². The van der Waals surface area contributed by atoms with Crippen LogP contribution in [0.4, 0.5) is 0 Å². The summed E-state index contributed by atoms with van der Waals surface area (Å²) in [6.45, 7) is 8.27. The molecule has 0 aromatic carbocycles. The normalized spacial score (nSPS) is 25.9. The third kappa shape index (κ3) is 2.39. The number of aromatic amines is 1. The Bertz CT molecular complexity index is 482. The second-order valence-corrected chi connectivity index (χ2v) is 5.75. The van der Waals surface area contributed by atoms with Gasteiger partial charge in [0.05, 0.1) is 5.69 Å². The molecule has 104 valence electrons. The summed E-state index contributed by atoms with van der Waals surface area (Å²) in [5.41, 5.74) is 3.33. The largest absolute Gasteiger partial charge is 0.337 e. The van der Waals surface area contributed by atoms with Crippen LogP contribution in [-0.2, 0) is 11.2 Å². The van der Waals surface area contributed by atoms with E-state index >= 15 is 0 Å². The number of fused-ring (bicyclic) bond motifs is 2. The molecule has 2 unspecified atom stereocenters. The number of nitrogens with zero attached hydrogens (tertiary/aromatic N) is 3. The van der Waals surface area contributed by atoms with Crippen LogP contribution in [-0.4, -0.2) is 58.1 Å². The highest BCUT2D eigenvalue weighted by Gasteiger charge is 2.34. The van der Waals surface area contributed by atoms with E-state index in [0.717, 1.165) is 50.4 Å². The van der Waals surface area contributed by atoms with Crippen LogP contribution in [0.25, 0.3) is 0 Å². The Balaban J connectivity index is 1.58. The first-order valence-corrected chi connectivity index (χ1v) is 7.17. The first kappa shape index (κ1) is 12.7. The number of hydrogen-bond acceptors (Lipinski definition) is 3. The molecule has 1 N–H and O–H groups in total. The van der Waals surface area contributed by atoms with Gasteiger partial charge in [0.25, 0.3) is 0 Å². The number of aromatic nitrogens is 2. The molecule has 2 aliphatic rings. The van der Waals surface area contributed by atoms with Gasteiger partial charge in [-0.1, -0.05) is 0 Å². The number of aryl methyl sites for hydroxylation is 2. The Hall–Kier alpha value is -1.36. The molecule has 1 aromatic heterocycles. The Morgan fingerprint density at radius 3 is 2.95 bits per heavy atom. The molecule has 2 fully saturated rings. The van der Waals surface area contributed by atoms with E-state index in [1.165, 1.54) is 5.56 Å². The molecular formula is C14H22N4O. The van der Waals surface area contributed by atoms with Crippen LogP contribution in [0.5, 0.6) is 0 Å². The van der Waals surface area contributed by atoms with E-state index < -0.39 is 0 Å². The Labute approximate surface area is 114 Å². The minimum Gasteiger partial charge on any atom is -0.337 e. The van der Waals surface area contributed by atoms with Gasteiger partial charge < -0.3 is 4.90 Å². The predicted octanol–water partition coefficient (Wildman–Crippen LogP) is 0.876. The van der Waals surface area contributed by atoms with Gasteiger partial charge in [0.1, 0.15) is 0 Å². The van der Waals surface area contributed by atoms with Gasteiger partial charge in [-0.3, -0.25) is 14.8 Å². The lowest BCUT2D eigenvalue weighted by atomic mass is 10.1. The van der Waals surface area contributed by atoms with E-state index in [0.29, 0.717) is 18.4 Å². The van der Waals surface area contributed by atoms with E-state index in [4.69, 9.17) is 0 Å². The van der Waals surface area contributed by atoms with E-state index in [1.807, 2.05) is 6.92 Å². The van der Waals surface area contributed by atoms with Gasteiger partial charge in [0, 0.05) is 50.8 Å². The number of piperazine rings is 1. The average molecular weight is 262 g/mol. The van der Waals surface area contributed by atoms with Crippen molar-refractivity contribution in [2.45, 2.75) is 39.2 Å². The van der Waals surface area contributed by atoms with Crippen molar-refractivity contribution < 1.29 is 4.79 Å². The van der Waals surface area contributed by atoms with E-state index in [-0.39, 0.29) is 0 Å². The second kappa shape index (κ2) is 4.96. The van der Waals surface area contributed by atoms with Crippen molar-refractivity contribution in [1.82, 2.24) is 20.0 Å². The number of carbonyl (C=O) groups excluding carboxylic acids is 1. The van der Waals surface area contributed by atoms with Crippen LogP contribution in [0.3, 0.4) is 0 Å². The molecule has 0 aliphatic carbocycles. The molecule has 2 aliphatic heterocycles. The van der Waals surface area contributed by atoms with Gasteiger partial charge in [-0.15, -0.1) is 0 Å². The van der Waals surface area contributed by atoms with Crippen LogP contribution in [0.2, 0.25) is 0 Å². The van der Waals surface area contributed by atoms with Crippen molar-refractivity contribution in [2.24, 2.45) is 0 Å². The quantitative estimate of drug-likeness (QED) is 0.879. The summed E-state index contributed by atoms with van der Waals surface area (Å²) in [4.78, 5) is 16.9. The fourth-order valence-electron chi connectivity index (χ4n) is 3.18. The molecule has 0 radical (unpaired) electrons. The van der Waals surface area contributed by atoms with Gasteiger partial charge in [-0.05, 0) is 25.8 Å². The summed E-state index contributed by atoms with van der Waals surface area (Å²) >= 11 is 0.